The number of nitrogens with one attached hydrogen (secondary N) is 1. The molecule has 0 bridgehead atoms. The Kier molecular flexibility index (Phi) is 4.34. The van der Waals surface area contributed by atoms with Gasteiger partial charge in [0.2, 0.25) is 0 Å². The van der Waals surface area contributed by atoms with Crippen LogP contribution in [0.2, 0.25) is 0 Å². The zero-order valence-electron chi connectivity index (χ0n) is 8.22. The SMILES string of the molecule is O=C[C@@H](CCC(=O)O)Nc1ccccc1. The van der Waals surface area contributed by atoms with Crippen molar-refractivity contribution in [2.24, 2.45) is 0 Å². The van der Waals surface area contributed by atoms with Gasteiger partial charge in [-0.15, -0.1) is 0 Å². The Labute approximate surface area is 87.9 Å². The third-order valence-electron chi connectivity index (χ3n) is 1.96. The second kappa shape index (κ2) is 5.80. The average Bonchev–Trinajstić information content (AvgIpc) is 2.25. The Morgan fingerprint density at radius 3 is 2.60 bits per heavy atom. The molecule has 0 heterocycles. The highest BCUT2D eigenvalue weighted by Gasteiger charge is 2.08. The quantitative estimate of drug-likeness (QED) is 0.694. The summed E-state index contributed by atoms with van der Waals surface area (Å²) in [6, 6.07) is 8.79. The molecule has 0 aliphatic carbocycles. The van der Waals surface area contributed by atoms with Crippen LogP contribution in [0.25, 0.3) is 0 Å². The van der Waals surface area contributed by atoms with Crippen LogP contribution in [0.1, 0.15) is 12.8 Å². The van der Waals surface area contributed by atoms with Gasteiger partial charge in [0.05, 0.1) is 6.04 Å². The molecule has 1 aromatic carbocycles. The summed E-state index contributed by atoms with van der Waals surface area (Å²) in [7, 11) is 0. The first kappa shape index (κ1) is 11.2. The van der Waals surface area contributed by atoms with Gasteiger partial charge >= 0.3 is 5.97 Å². The van der Waals surface area contributed by atoms with E-state index in [9.17, 15) is 9.59 Å². The summed E-state index contributed by atoms with van der Waals surface area (Å²) in [6.45, 7) is 0. The zero-order chi connectivity index (χ0) is 11.1. The van der Waals surface area contributed by atoms with E-state index in [2.05, 4.69) is 5.32 Å². The first-order valence-electron chi connectivity index (χ1n) is 4.71. The van der Waals surface area contributed by atoms with Crippen molar-refractivity contribution in [1.82, 2.24) is 0 Å². The first-order valence-corrected chi connectivity index (χ1v) is 4.71. The van der Waals surface area contributed by atoms with Gasteiger partial charge in [0, 0.05) is 12.1 Å². The predicted octanol–water partition coefficient (Wildman–Crippen LogP) is 1.53. The first-order chi connectivity index (χ1) is 7.22. The van der Waals surface area contributed by atoms with Gasteiger partial charge in [-0.05, 0) is 18.6 Å². The van der Waals surface area contributed by atoms with Crippen LogP contribution in [0.3, 0.4) is 0 Å². The van der Waals surface area contributed by atoms with E-state index in [0.717, 1.165) is 12.0 Å². The molecule has 0 fully saturated rings. The number of benzene rings is 1. The summed E-state index contributed by atoms with van der Waals surface area (Å²) in [6.07, 6.45) is 1.02. The molecule has 0 aromatic heterocycles. The van der Waals surface area contributed by atoms with Gasteiger partial charge in [0.15, 0.2) is 0 Å². The van der Waals surface area contributed by atoms with Gasteiger partial charge in [0.25, 0.3) is 0 Å². The number of hydrogen-bond donors (Lipinski definition) is 2. The van der Waals surface area contributed by atoms with E-state index in [1.54, 1.807) is 0 Å². The van der Waals surface area contributed by atoms with Crippen LogP contribution < -0.4 is 5.32 Å². The minimum atomic E-state index is -0.892. The van der Waals surface area contributed by atoms with Gasteiger partial charge in [-0.2, -0.15) is 0 Å². The van der Waals surface area contributed by atoms with Gasteiger partial charge in [-0.3, -0.25) is 4.79 Å². The van der Waals surface area contributed by atoms with Crippen molar-refractivity contribution in [3.8, 4) is 0 Å². The number of rotatable bonds is 6. The summed E-state index contributed by atoms with van der Waals surface area (Å²) in [5, 5.41) is 11.4. The number of carbonyl (C=O) groups is 2. The van der Waals surface area contributed by atoms with Crippen molar-refractivity contribution in [2.45, 2.75) is 18.9 Å². The monoisotopic (exact) mass is 207 g/mol. The molecular weight excluding hydrogens is 194 g/mol. The summed E-state index contributed by atoms with van der Waals surface area (Å²) in [4.78, 5) is 21.0. The van der Waals surface area contributed by atoms with Crippen LogP contribution in [0.5, 0.6) is 0 Å². The lowest BCUT2D eigenvalue weighted by Crippen LogP contribution is -2.22. The van der Waals surface area contributed by atoms with Crippen molar-refractivity contribution >= 4 is 17.9 Å². The number of aliphatic carboxylic acids is 1. The minimum Gasteiger partial charge on any atom is -0.481 e. The van der Waals surface area contributed by atoms with Crippen molar-refractivity contribution in [1.29, 1.82) is 0 Å². The highest BCUT2D eigenvalue weighted by molar-refractivity contribution is 5.69. The maximum absolute atomic E-state index is 10.7. The standard InChI is InChI=1S/C11H13NO3/c13-8-10(6-7-11(14)15)12-9-4-2-1-3-5-9/h1-5,8,10,12H,6-7H2,(H,14,15)/t10-/m1/s1. The fourth-order valence-corrected chi connectivity index (χ4v) is 1.20. The van der Waals surface area contributed by atoms with E-state index < -0.39 is 12.0 Å². The fourth-order valence-electron chi connectivity index (χ4n) is 1.20. The summed E-state index contributed by atoms with van der Waals surface area (Å²) >= 11 is 0. The van der Waals surface area contributed by atoms with E-state index >= 15 is 0 Å². The minimum absolute atomic E-state index is 0.0107. The molecule has 0 aliphatic rings. The van der Waals surface area contributed by atoms with Crippen molar-refractivity contribution in [2.75, 3.05) is 5.32 Å². The van der Waals surface area contributed by atoms with E-state index in [1.807, 2.05) is 30.3 Å². The van der Waals surface area contributed by atoms with Gasteiger partial charge in [0.1, 0.15) is 6.29 Å². The zero-order valence-corrected chi connectivity index (χ0v) is 8.22. The van der Waals surface area contributed by atoms with Crippen LogP contribution in [-0.4, -0.2) is 23.4 Å². The van der Waals surface area contributed by atoms with Crippen molar-refractivity contribution < 1.29 is 14.7 Å². The Morgan fingerprint density at radius 2 is 2.07 bits per heavy atom. The molecule has 0 radical (unpaired) electrons. The number of carboxylic acid groups (broad SMARTS) is 1. The van der Waals surface area contributed by atoms with Crippen LogP contribution in [0.4, 0.5) is 5.69 Å². The van der Waals surface area contributed by atoms with Gasteiger partial charge in [-0.25, -0.2) is 0 Å². The largest absolute Gasteiger partial charge is 0.481 e. The molecule has 15 heavy (non-hydrogen) atoms. The number of hydrogen-bond acceptors (Lipinski definition) is 3. The highest BCUT2D eigenvalue weighted by atomic mass is 16.4. The Balaban J connectivity index is 2.47. The molecule has 1 aromatic rings. The average molecular weight is 207 g/mol. The van der Waals surface area contributed by atoms with Crippen LogP contribution in [0, 0.1) is 0 Å². The Bertz CT molecular complexity index is 324. The van der Waals surface area contributed by atoms with Crippen LogP contribution >= 0.6 is 0 Å². The summed E-state index contributed by atoms with van der Waals surface area (Å²) in [5.41, 5.74) is 0.819. The second-order valence-electron chi connectivity index (χ2n) is 3.19. The lowest BCUT2D eigenvalue weighted by Gasteiger charge is -2.12. The smallest absolute Gasteiger partial charge is 0.303 e. The number of carbonyl (C=O) groups excluding carboxylic acids is 1. The summed E-state index contributed by atoms with van der Waals surface area (Å²) in [5.74, 6) is -0.892. The van der Waals surface area contributed by atoms with E-state index in [4.69, 9.17) is 5.11 Å². The Morgan fingerprint density at radius 1 is 1.40 bits per heavy atom. The van der Waals surface area contributed by atoms with E-state index in [1.165, 1.54) is 0 Å². The van der Waals surface area contributed by atoms with Crippen LogP contribution in [0.15, 0.2) is 30.3 Å². The molecule has 0 saturated carbocycles. The molecule has 4 nitrogen and oxygen atoms in total. The van der Waals surface area contributed by atoms with Gasteiger partial charge < -0.3 is 15.2 Å². The number of carboxylic acids is 1. The third kappa shape index (κ3) is 4.26. The predicted molar refractivity (Wildman–Crippen MR) is 56.8 cm³/mol. The molecule has 0 spiro atoms. The molecule has 0 aliphatic heterocycles. The van der Waals surface area contributed by atoms with Crippen molar-refractivity contribution in [3.05, 3.63) is 30.3 Å². The molecule has 4 heteroatoms. The van der Waals surface area contributed by atoms with Crippen molar-refractivity contribution in [3.63, 3.8) is 0 Å². The normalized spacial score (nSPS) is 11.7. The highest BCUT2D eigenvalue weighted by Crippen LogP contribution is 2.08. The van der Waals surface area contributed by atoms with E-state index in [-0.39, 0.29) is 6.42 Å². The maximum Gasteiger partial charge on any atom is 0.303 e. The number of para-hydroxylation sites is 1. The molecule has 0 unspecified atom stereocenters. The molecule has 0 saturated heterocycles. The molecule has 0 amide bonds. The number of anilines is 1. The molecule has 1 rings (SSSR count). The molecule has 2 N–H and O–H groups in total. The second-order valence-corrected chi connectivity index (χ2v) is 3.19. The molecular formula is C11H13NO3. The van der Waals surface area contributed by atoms with Gasteiger partial charge in [-0.1, -0.05) is 18.2 Å². The van der Waals surface area contributed by atoms with E-state index in [0.29, 0.717) is 6.42 Å². The lowest BCUT2D eigenvalue weighted by atomic mass is 10.1. The Hall–Kier alpha value is -1.84. The topological polar surface area (TPSA) is 66.4 Å². The summed E-state index contributed by atoms with van der Waals surface area (Å²) < 4.78 is 0. The lowest BCUT2D eigenvalue weighted by molar-refractivity contribution is -0.137. The maximum atomic E-state index is 10.7. The third-order valence-corrected chi connectivity index (χ3v) is 1.96. The fraction of sp³-hybridized carbons (Fsp3) is 0.273. The molecule has 1 atom stereocenters. The number of aldehydes is 1. The molecule has 80 valence electrons. The van der Waals surface area contributed by atoms with Crippen LogP contribution in [-0.2, 0) is 9.59 Å².